The minimum atomic E-state index is -3.82. The van der Waals surface area contributed by atoms with Crippen LogP contribution in [-0.2, 0) is 10.0 Å². The van der Waals surface area contributed by atoms with E-state index >= 15 is 0 Å². The first-order chi connectivity index (χ1) is 9.90. The number of hydrogen-bond donors (Lipinski definition) is 1. The van der Waals surface area contributed by atoms with E-state index in [1.165, 1.54) is 4.31 Å². The van der Waals surface area contributed by atoms with Gasteiger partial charge in [0.2, 0.25) is 10.0 Å². The summed E-state index contributed by atoms with van der Waals surface area (Å²) in [5, 5.41) is 3.30. The molecular weight excluding hydrogens is 298 g/mol. The van der Waals surface area contributed by atoms with Crippen LogP contribution in [0.25, 0.3) is 0 Å². The summed E-state index contributed by atoms with van der Waals surface area (Å²) in [6.07, 6.45) is 1.46. The number of rotatable bonds is 4. The van der Waals surface area contributed by atoms with Crippen LogP contribution in [-0.4, -0.2) is 37.9 Å². The van der Waals surface area contributed by atoms with E-state index in [9.17, 15) is 17.2 Å². The largest absolute Gasteiger partial charge is 0.311 e. The Morgan fingerprint density at radius 2 is 1.95 bits per heavy atom. The molecule has 0 aromatic heterocycles. The lowest BCUT2D eigenvalue weighted by Gasteiger charge is -2.38. The quantitative estimate of drug-likeness (QED) is 0.925. The molecule has 0 bridgehead atoms. The third-order valence-electron chi connectivity index (χ3n) is 3.91. The third kappa shape index (κ3) is 3.25. The molecule has 1 N–H and O–H groups in total. The second-order valence-electron chi connectivity index (χ2n) is 5.23. The minimum Gasteiger partial charge on any atom is -0.311 e. The summed E-state index contributed by atoms with van der Waals surface area (Å²) in [5.74, 6) is -2.20. The van der Waals surface area contributed by atoms with E-state index in [4.69, 9.17) is 0 Å². The van der Waals surface area contributed by atoms with Crippen LogP contribution < -0.4 is 5.32 Å². The van der Waals surface area contributed by atoms with Gasteiger partial charge in [-0.3, -0.25) is 0 Å². The zero-order chi connectivity index (χ0) is 15.6. The molecule has 1 aliphatic rings. The summed E-state index contributed by atoms with van der Waals surface area (Å²) in [6, 6.07) is 2.62. The zero-order valence-corrected chi connectivity index (χ0v) is 13.0. The topological polar surface area (TPSA) is 49.4 Å². The van der Waals surface area contributed by atoms with E-state index in [0.29, 0.717) is 19.5 Å². The maximum absolute atomic E-state index is 13.3. The van der Waals surface area contributed by atoms with Gasteiger partial charge in [0.1, 0.15) is 0 Å². The van der Waals surface area contributed by atoms with Crippen LogP contribution in [0.3, 0.4) is 0 Å². The lowest BCUT2D eigenvalue weighted by Crippen LogP contribution is -2.57. The van der Waals surface area contributed by atoms with Crippen molar-refractivity contribution in [3.63, 3.8) is 0 Å². The van der Waals surface area contributed by atoms with Crippen molar-refractivity contribution >= 4 is 10.0 Å². The summed E-state index contributed by atoms with van der Waals surface area (Å²) in [6.45, 7) is 4.80. The van der Waals surface area contributed by atoms with Crippen molar-refractivity contribution in [3.8, 4) is 0 Å². The maximum Gasteiger partial charge on any atom is 0.243 e. The average molecular weight is 318 g/mol. The van der Waals surface area contributed by atoms with Crippen LogP contribution in [0.4, 0.5) is 8.78 Å². The fourth-order valence-corrected chi connectivity index (χ4v) is 4.28. The number of nitrogens with one attached hydrogen (secondary N) is 1. The van der Waals surface area contributed by atoms with E-state index < -0.39 is 21.7 Å². The standard InChI is InChI=1S/C14H20F2N2O2S/c1-3-10-9-18(11(4-2)8-17-10)21(19,20)12-5-6-13(15)14(16)7-12/h5-7,10-11,17H,3-4,8-9H2,1-2H3. The summed E-state index contributed by atoms with van der Waals surface area (Å²) in [5.41, 5.74) is 0. The van der Waals surface area contributed by atoms with E-state index in [0.717, 1.165) is 24.6 Å². The van der Waals surface area contributed by atoms with Crippen molar-refractivity contribution in [2.24, 2.45) is 0 Å². The maximum atomic E-state index is 13.3. The van der Waals surface area contributed by atoms with Gasteiger partial charge in [-0.25, -0.2) is 17.2 Å². The van der Waals surface area contributed by atoms with E-state index in [1.54, 1.807) is 0 Å². The van der Waals surface area contributed by atoms with Gasteiger partial charge < -0.3 is 5.32 Å². The summed E-state index contributed by atoms with van der Waals surface area (Å²) in [4.78, 5) is -0.198. The second-order valence-corrected chi connectivity index (χ2v) is 7.12. The van der Waals surface area contributed by atoms with E-state index in [-0.39, 0.29) is 17.0 Å². The third-order valence-corrected chi connectivity index (χ3v) is 5.83. The number of sulfonamides is 1. The summed E-state index contributed by atoms with van der Waals surface area (Å²) in [7, 11) is -3.82. The SMILES string of the molecule is CCC1CN(S(=O)(=O)c2ccc(F)c(F)c2)C(CC)CN1. The Bertz CT molecular complexity index is 607. The molecule has 2 atom stereocenters. The number of halogens is 2. The minimum absolute atomic E-state index is 0.0767. The smallest absolute Gasteiger partial charge is 0.243 e. The van der Waals surface area contributed by atoms with Gasteiger partial charge in [0.15, 0.2) is 11.6 Å². The fraction of sp³-hybridized carbons (Fsp3) is 0.571. The second kappa shape index (κ2) is 6.37. The lowest BCUT2D eigenvalue weighted by molar-refractivity contribution is 0.215. The molecule has 1 aromatic rings. The summed E-state index contributed by atoms with van der Waals surface area (Å²) >= 11 is 0. The van der Waals surface area contributed by atoms with Crippen LogP contribution in [0.2, 0.25) is 0 Å². The first kappa shape index (κ1) is 16.3. The summed E-state index contributed by atoms with van der Waals surface area (Å²) < 4.78 is 53.1. The molecule has 4 nitrogen and oxygen atoms in total. The van der Waals surface area contributed by atoms with Gasteiger partial charge in [-0.2, -0.15) is 4.31 Å². The molecule has 2 rings (SSSR count). The monoisotopic (exact) mass is 318 g/mol. The normalized spacial score (nSPS) is 24.2. The Morgan fingerprint density at radius 3 is 2.52 bits per heavy atom. The van der Waals surface area contributed by atoms with Crippen LogP contribution in [0.5, 0.6) is 0 Å². The Labute approximate surface area is 124 Å². The molecule has 0 amide bonds. The molecule has 1 saturated heterocycles. The highest BCUT2D eigenvalue weighted by Crippen LogP contribution is 2.24. The predicted molar refractivity (Wildman–Crippen MR) is 76.4 cm³/mol. The molecule has 0 spiro atoms. The van der Waals surface area contributed by atoms with Crippen LogP contribution in [0.1, 0.15) is 26.7 Å². The Kier molecular flexibility index (Phi) is 4.95. The molecule has 0 saturated carbocycles. The molecule has 118 valence electrons. The Balaban J connectivity index is 2.37. The van der Waals surface area contributed by atoms with Crippen molar-refractivity contribution in [3.05, 3.63) is 29.8 Å². The zero-order valence-electron chi connectivity index (χ0n) is 12.1. The number of piperazine rings is 1. The average Bonchev–Trinajstić information content (AvgIpc) is 2.49. The van der Waals surface area contributed by atoms with Crippen molar-refractivity contribution < 1.29 is 17.2 Å². The molecule has 1 aliphatic heterocycles. The molecule has 1 heterocycles. The first-order valence-corrected chi connectivity index (χ1v) is 8.54. The fourth-order valence-electron chi connectivity index (χ4n) is 2.52. The molecule has 21 heavy (non-hydrogen) atoms. The van der Waals surface area contributed by atoms with Gasteiger partial charge in [0, 0.05) is 25.2 Å². The highest BCUT2D eigenvalue weighted by molar-refractivity contribution is 7.89. The van der Waals surface area contributed by atoms with Crippen LogP contribution in [0, 0.1) is 11.6 Å². The lowest BCUT2D eigenvalue weighted by atomic mass is 10.1. The van der Waals surface area contributed by atoms with Crippen LogP contribution >= 0.6 is 0 Å². The molecule has 1 aromatic carbocycles. The van der Waals surface area contributed by atoms with Gasteiger partial charge in [0.05, 0.1) is 4.90 Å². The molecule has 0 aliphatic carbocycles. The van der Waals surface area contributed by atoms with Crippen LogP contribution in [0.15, 0.2) is 23.1 Å². The first-order valence-electron chi connectivity index (χ1n) is 7.10. The molecule has 0 radical (unpaired) electrons. The highest BCUT2D eigenvalue weighted by Gasteiger charge is 2.35. The Hall–Kier alpha value is -1.05. The van der Waals surface area contributed by atoms with Gasteiger partial charge in [0.25, 0.3) is 0 Å². The van der Waals surface area contributed by atoms with Crippen molar-refractivity contribution in [1.82, 2.24) is 9.62 Å². The predicted octanol–water partition coefficient (Wildman–Crippen LogP) is 2.12. The van der Waals surface area contributed by atoms with Gasteiger partial charge >= 0.3 is 0 Å². The van der Waals surface area contributed by atoms with Gasteiger partial charge in [-0.1, -0.05) is 13.8 Å². The number of benzene rings is 1. The van der Waals surface area contributed by atoms with E-state index in [1.807, 2.05) is 13.8 Å². The number of hydrogen-bond acceptors (Lipinski definition) is 3. The van der Waals surface area contributed by atoms with Crippen molar-refractivity contribution in [2.75, 3.05) is 13.1 Å². The van der Waals surface area contributed by atoms with Gasteiger partial charge in [-0.05, 0) is 31.0 Å². The van der Waals surface area contributed by atoms with Crippen molar-refractivity contribution in [1.29, 1.82) is 0 Å². The molecule has 2 unspecified atom stereocenters. The Morgan fingerprint density at radius 1 is 1.24 bits per heavy atom. The molecule has 7 heteroatoms. The van der Waals surface area contributed by atoms with Crippen molar-refractivity contribution in [2.45, 2.75) is 43.7 Å². The van der Waals surface area contributed by atoms with Gasteiger partial charge in [-0.15, -0.1) is 0 Å². The molecule has 1 fully saturated rings. The highest BCUT2D eigenvalue weighted by atomic mass is 32.2. The number of nitrogens with zero attached hydrogens (tertiary/aromatic N) is 1. The molecular formula is C14H20F2N2O2S. The van der Waals surface area contributed by atoms with E-state index in [2.05, 4.69) is 5.32 Å².